The summed E-state index contributed by atoms with van der Waals surface area (Å²) in [6, 6.07) is 0. The number of alkyl halides is 3. The molecule has 0 saturated heterocycles. The lowest BCUT2D eigenvalue weighted by atomic mass is 10.2. The van der Waals surface area contributed by atoms with Crippen LogP contribution < -0.4 is 0 Å². The number of H-pyrrole nitrogens is 1. The van der Waals surface area contributed by atoms with Gasteiger partial charge in [0.25, 0.3) is 0 Å². The van der Waals surface area contributed by atoms with Crippen molar-refractivity contribution in [1.29, 1.82) is 0 Å². The Labute approximate surface area is 101 Å². The van der Waals surface area contributed by atoms with Crippen LogP contribution >= 0.6 is 0 Å². The molecule has 0 aromatic carbocycles. The highest BCUT2D eigenvalue weighted by molar-refractivity contribution is 5.05. The minimum absolute atomic E-state index is 0.339. The van der Waals surface area contributed by atoms with Crippen LogP contribution in [0.1, 0.15) is 17.2 Å². The van der Waals surface area contributed by atoms with E-state index in [4.69, 9.17) is 0 Å². The zero-order valence-corrected chi connectivity index (χ0v) is 9.70. The lowest BCUT2D eigenvalue weighted by molar-refractivity contribution is -0.143. The molecule has 0 aliphatic carbocycles. The highest BCUT2D eigenvalue weighted by Gasteiger charge is 2.30. The van der Waals surface area contributed by atoms with Crippen molar-refractivity contribution in [1.82, 2.24) is 25.0 Å². The van der Waals surface area contributed by atoms with Gasteiger partial charge in [0.05, 0.1) is 6.20 Å². The summed E-state index contributed by atoms with van der Waals surface area (Å²) in [4.78, 5) is 4.02. The van der Waals surface area contributed by atoms with Crippen LogP contribution in [0.25, 0.3) is 0 Å². The third kappa shape index (κ3) is 3.31. The maximum atomic E-state index is 12.3. The van der Waals surface area contributed by atoms with Crippen molar-refractivity contribution in [3.05, 3.63) is 29.6 Å². The highest BCUT2D eigenvalue weighted by atomic mass is 19.4. The highest BCUT2D eigenvalue weighted by Crippen LogP contribution is 2.18. The number of hydrogen-bond acceptors (Lipinski definition) is 3. The van der Waals surface area contributed by atoms with Gasteiger partial charge >= 0.3 is 6.18 Å². The van der Waals surface area contributed by atoms with Crippen molar-refractivity contribution < 1.29 is 13.2 Å². The van der Waals surface area contributed by atoms with E-state index >= 15 is 0 Å². The molecule has 0 atom stereocenters. The minimum atomic E-state index is -4.29. The lowest BCUT2D eigenvalue weighted by Crippen LogP contribution is -2.20. The fourth-order valence-corrected chi connectivity index (χ4v) is 1.65. The van der Waals surface area contributed by atoms with Gasteiger partial charge in [-0.3, -0.25) is 5.10 Å². The van der Waals surface area contributed by atoms with Crippen molar-refractivity contribution in [3.63, 3.8) is 0 Å². The predicted molar refractivity (Wildman–Crippen MR) is 56.8 cm³/mol. The minimum Gasteiger partial charge on any atom is -0.285 e. The van der Waals surface area contributed by atoms with Gasteiger partial charge in [0, 0.05) is 12.6 Å². The van der Waals surface area contributed by atoms with Crippen LogP contribution in [-0.2, 0) is 19.4 Å². The average Bonchev–Trinajstić information content (AvgIpc) is 2.83. The number of halogens is 3. The van der Waals surface area contributed by atoms with Gasteiger partial charge in [0.2, 0.25) is 0 Å². The third-order valence-electron chi connectivity index (χ3n) is 2.38. The SMILES string of the molecule is Cc1nc(CCc2cn[nH]c2)n(CC(F)(F)F)n1. The van der Waals surface area contributed by atoms with E-state index in [1.54, 1.807) is 19.3 Å². The first-order valence-corrected chi connectivity index (χ1v) is 5.39. The molecular formula is C10H12F3N5. The summed E-state index contributed by atoms with van der Waals surface area (Å²) < 4.78 is 37.9. The molecule has 0 fully saturated rings. The summed E-state index contributed by atoms with van der Waals surface area (Å²) in [5.74, 6) is 0.687. The molecule has 2 rings (SSSR count). The van der Waals surface area contributed by atoms with Crippen LogP contribution in [0.15, 0.2) is 12.4 Å². The van der Waals surface area contributed by atoms with Gasteiger partial charge in [0.1, 0.15) is 18.2 Å². The number of rotatable bonds is 4. The van der Waals surface area contributed by atoms with Gasteiger partial charge in [0.15, 0.2) is 0 Å². The van der Waals surface area contributed by atoms with Crippen LogP contribution in [0, 0.1) is 6.92 Å². The topological polar surface area (TPSA) is 59.4 Å². The van der Waals surface area contributed by atoms with Crippen molar-refractivity contribution in [2.24, 2.45) is 0 Å². The molecule has 0 radical (unpaired) electrons. The van der Waals surface area contributed by atoms with E-state index in [0.717, 1.165) is 10.2 Å². The second-order valence-corrected chi connectivity index (χ2v) is 3.95. The molecule has 1 N–H and O–H groups in total. The number of aryl methyl sites for hydroxylation is 3. The van der Waals surface area contributed by atoms with Gasteiger partial charge in [-0.05, 0) is 18.9 Å². The van der Waals surface area contributed by atoms with Crippen molar-refractivity contribution >= 4 is 0 Å². The number of aromatic amines is 1. The first-order chi connectivity index (χ1) is 8.44. The van der Waals surface area contributed by atoms with Gasteiger partial charge in [-0.15, -0.1) is 0 Å². The lowest BCUT2D eigenvalue weighted by Gasteiger charge is -2.08. The molecular weight excluding hydrogens is 247 g/mol. The smallest absolute Gasteiger partial charge is 0.285 e. The molecule has 0 bridgehead atoms. The molecule has 0 amide bonds. The third-order valence-corrected chi connectivity index (χ3v) is 2.38. The summed E-state index contributed by atoms with van der Waals surface area (Å²) in [5, 5.41) is 10.2. The molecule has 98 valence electrons. The van der Waals surface area contributed by atoms with E-state index in [1.807, 2.05) is 0 Å². The molecule has 0 aliphatic heterocycles. The Morgan fingerprint density at radius 1 is 1.33 bits per heavy atom. The summed E-state index contributed by atoms with van der Waals surface area (Å²) in [6.45, 7) is 0.475. The number of nitrogens with one attached hydrogen (secondary N) is 1. The van der Waals surface area contributed by atoms with E-state index < -0.39 is 12.7 Å². The molecule has 2 heterocycles. The Hall–Kier alpha value is -1.86. The average molecular weight is 259 g/mol. The Bertz CT molecular complexity index is 500. The van der Waals surface area contributed by atoms with Crippen LogP contribution in [0.2, 0.25) is 0 Å². The van der Waals surface area contributed by atoms with Crippen molar-refractivity contribution in [2.75, 3.05) is 0 Å². The Morgan fingerprint density at radius 3 is 2.72 bits per heavy atom. The second-order valence-electron chi connectivity index (χ2n) is 3.95. The molecule has 2 aromatic rings. The monoisotopic (exact) mass is 259 g/mol. The van der Waals surface area contributed by atoms with Gasteiger partial charge in [-0.1, -0.05) is 0 Å². The van der Waals surface area contributed by atoms with Crippen LogP contribution in [0.5, 0.6) is 0 Å². The number of hydrogen-bond donors (Lipinski definition) is 1. The largest absolute Gasteiger partial charge is 0.408 e. The Kier molecular flexibility index (Phi) is 3.35. The van der Waals surface area contributed by atoms with Crippen LogP contribution in [0.4, 0.5) is 13.2 Å². The van der Waals surface area contributed by atoms with Gasteiger partial charge < -0.3 is 0 Å². The summed E-state index contributed by atoms with van der Waals surface area (Å²) in [5.41, 5.74) is 0.925. The normalized spacial score (nSPS) is 12.0. The molecule has 0 spiro atoms. The van der Waals surface area contributed by atoms with E-state index in [1.165, 1.54) is 0 Å². The fourth-order valence-electron chi connectivity index (χ4n) is 1.65. The molecule has 5 nitrogen and oxygen atoms in total. The fraction of sp³-hybridized carbons (Fsp3) is 0.500. The molecule has 0 unspecified atom stereocenters. The predicted octanol–water partition coefficient (Wildman–Crippen LogP) is 1.66. The van der Waals surface area contributed by atoms with E-state index in [-0.39, 0.29) is 0 Å². The summed E-state index contributed by atoms with van der Waals surface area (Å²) in [7, 11) is 0. The quantitative estimate of drug-likeness (QED) is 0.908. The maximum Gasteiger partial charge on any atom is 0.408 e. The summed E-state index contributed by atoms with van der Waals surface area (Å²) >= 11 is 0. The van der Waals surface area contributed by atoms with Crippen molar-refractivity contribution in [2.45, 2.75) is 32.5 Å². The maximum absolute atomic E-state index is 12.3. The Morgan fingerprint density at radius 2 is 2.11 bits per heavy atom. The summed E-state index contributed by atoms with van der Waals surface area (Å²) in [6.07, 6.45) is 0.0299. The van der Waals surface area contributed by atoms with E-state index in [9.17, 15) is 13.2 Å². The van der Waals surface area contributed by atoms with Crippen molar-refractivity contribution in [3.8, 4) is 0 Å². The van der Waals surface area contributed by atoms with Gasteiger partial charge in [-0.25, -0.2) is 9.67 Å². The van der Waals surface area contributed by atoms with E-state index in [0.29, 0.717) is 24.5 Å². The van der Waals surface area contributed by atoms with Crippen LogP contribution in [0.3, 0.4) is 0 Å². The molecule has 2 aromatic heterocycles. The molecule has 8 heteroatoms. The standard InChI is InChI=1S/C10H12F3N5/c1-7-16-9(3-2-8-4-14-15-5-8)18(17-7)6-10(11,12)13/h4-5H,2-3,6H2,1H3,(H,14,15). The molecule has 0 aliphatic rings. The molecule has 18 heavy (non-hydrogen) atoms. The Balaban J connectivity index is 2.07. The number of aromatic nitrogens is 5. The van der Waals surface area contributed by atoms with E-state index in [2.05, 4.69) is 20.3 Å². The zero-order chi connectivity index (χ0) is 13.2. The van der Waals surface area contributed by atoms with Crippen LogP contribution in [-0.4, -0.2) is 31.1 Å². The van der Waals surface area contributed by atoms with Gasteiger partial charge in [-0.2, -0.15) is 23.4 Å². The first-order valence-electron chi connectivity index (χ1n) is 5.39. The zero-order valence-electron chi connectivity index (χ0n) is 9.70. The first kappa shape index (κ1) is 12.6. The number of nitrogens with zero attached hydrogens (tertiary/aromatic N) is 4. The molecule has 0 saturated carbocycles. The second kappa shape index (κ2) is 4.79.